The molecule has 1 aromatic rings. The number of phenols is 1. The monoisotopic (exact) mass is 269 g/mol. The van der Waals surface area contributed by atoms with Gasteiger partial charge in [0.2, 0.25) is 0 Å². The van der Waals surface area contributed by atoms with Crippen molar-refractivity contribution in [3.8, 4) is 5.75 Å². The van der Waals surface area contributed by atoms with E-state index in [1.54, 1.807) is 19.2 Å². The van der Waals surface area contributed by atoms with Gasteiger partial charge in [-0.1, -0.05) is 12.1 Å². The number of hydrogen-bond acceptors (Lipinski definition) is 4. The maximum atomic E-state index is 12.1. The van der Waals surface area contributed by atoms with E-state index in [0.29, 0.717) is 6.42 Å². The van der Waals surface area contributed by atoms with E-state index >= 15 is 0 Å². The highest BCUT2D eigenvalue weighted by atomic mass is 32.2. The van der Waals surface area contributed by atoms with E-state index in [4.69, 9.17) is 0 Å². The predicted octanol–water partition coefficient (Wildman–Crippen LogP) is 0.651. The molecule has 0 aliphatic carbocycles. The van der Waals surface area contributed by atoms with Crippen LogP contribution in [0.15, 0.2) is 24.3 Å². The third-order valence-corrected chi connectivity index (χ3v) is 4.96. The molecule has 0 bridgehead atoms. The lowest BCUT2D eigenvalue weighted by atomic mass is 10.1. The van der Waals surface area contributed by atoms with Crippen molar-refractivity contribution >= 4 is 15.7 Å². The largest absolute Gasteiger partial charge is 0.507 e. The van der Waals surface area contributed by atoms with Gasteiger partial charge in [-0.05, 0) is 18.6 Å². The molecule has 2 rings (SSSR count). The van der Waals surface area contributed by atoms with Gasteiger partial charge < -0.3 is 10.0 Å². The summed E-state index contributed by atoms with van der Waals surface area (Å²) in [5.41, 5.74) is 0.198. The number of para-hydroxylation sites is 1. The van der Waals surface area contributed by atoms with Crippen LogP contribution in [0, 0.1) is 0 Å². The Kier molecular flexibility index (Phi) is 3.30. The first-order chi connectivity index (χ1) is 8.41. The molecule has 1 fully saturated rings. The fourth-order valence-corrected chi connectivity index (χ4v) is 3.87. The number of sulfone groups is 1. The molecule has 1 aromatic carbocycles. The maximum absolute atomic E-state index is 12.1. The third-order valence-electron chi connectivity index (χ3n) is 3.21. The first-order valence-electron chi connectivity index (χ1n) is 5.66. The molecule has 1 aliphatic rings. The van der Waals surface area contributed by atoms with Crippen LogP contribution in [0.3, 0.4) is 0 Å². The second kappa shape index (κ2) is 4.61. The van der Waals surface area contributed by atoms with Gasteiger partial charge in [-0.15, -0.1) is 0 Å². The smallest absolute Gasteiger partial charge is 0.257 e. The highest BCUT2D eigenvalue weighted by Gasteiger charge is 2.33. The zero-order valence-corrected chi connectivity index (χ0v) is 10.9. The molecule has 1 amide bonds. The topological polar surface area (TPSA) is 74.7 Å². The number of benzene rings is 1. The van der Waals surface area contributed by atoms with Gasteiger partial charge in [0.05, 0.1) is 17.1 Å². The van der Waals surface area contributed by atoms with Crippen molar-refractivity contribution in [2.75, 3.05) is 18.6 Å². The molecule has 0 radical (unpaired) electrons. The lowest BCUT2D eigenvalue weighted by molar-refractivity contribution is 0.0744. The molecule has 1 saturated heterocycles. The molecule has 6 heteroatoms. The quantitative estimate of drug-likeness (QED) is 0.855. The number of carbonyl (C=O) groups excluding carboxylic acids is 1. The molecule has 5 nitrogen and oxygen atoms in total. The molecular weight excluding hydrogens is 254 g/mol. The maximum Gasteiger partial charge on any atom is 0.257 e. The van der Waals surface area contributed by atoms with Gasteiger partial charge in [-0.3, -0.25) is 4.79 Å². The zero-order valence-electron chi connectivity index (χ0n) is 10.0. The minimum atomic E-state index is -3.02. The Labute approximate surface area is 106 Å². The van der Waals surface area contributed by atoms with Crippen molar-refractivity contribution in [3.63, 3.8) is 0 Å². The Hall–Kier alpha value is -1.56. The van der Waals surface area contributed by atoms with Crippen LogP contribution in [-0.2, 0) is 9.84 Å². The number of amides is 1. The Morgan fingerprint density at radius 1 is 1.39 bits per heavy atom. The van der Waals surface area contributed by atoms with Crippen LogP contribution in [0.2, 0.25) is 0 Å². The SMILES string of the molecule is CN(C(=O)c1ccccc1O)[C@H]1CCS(=O)(=O)C1. The van der Waals surface area contributed by atoms with E-state index in [9.17, 15) is 18.3 Å². The van der Waals surface area contributed by atoms with Gasteiger partial charge in [0.1, 0.15) is 5.75 Å². The van der Waals surface area contributed by atoms with Crippen LogP contribution in [0.5, 0.6) is 5.75 Å². The summed E-state index contributed by atoms with van der Waals surface area (Å²) in [6.07, 6.45) is 0.457. The third kappa shape index (κ3) is 2.48. The van der Waals surface area contributed by atoms with E-state index in [0.717, 1.165) is 0 Å². The highest BCUT2D eigenvalue weighted by molar-refractivity contribution is 7.91. The normalized spacial score (nSPS) is 21.7. The van der Waals surface area contributed by atoms with Gasteiger partial charge in [0.15, 0.2) is 9.84 Å². The summed E-state index contributed by atoms with van der Waals surface area (Å²) in [6, 6.07) is 5.95. The van der Waals surface area contributed by atoms with E-state index in [1.807, 2.05) is 0 Å². The van der Waals surface area contributed by atoms with Crippen LogP contribution >= 0.6 is 0 Å². The minimum absolute atomic E-state index is 0.00281. The summed E-state index contributed by atoms with van der Waals surface area (Å²) in [5, 5.41) is 9.61. The number of carbonyl (C=O) groups is 1. The van der Waals surface area contributed by atoms with Gasteiger partial charge in [-0.2, -0.15) is 0 Å². The first-order valence-corrected chi connectivity index (χ1v) is 7.48. The number of rotatable bonds is 2. The van der Waals surface area contributed by atoms with Crippen LogP contribution in [0.4, 0.5) is 0 Å². The summed E-state index contributed by atoms with van der Waals surface area (Å²) in [6.45, 7) is 0. The van der Waals surface area contributed by atoms with Crippen molar-refractivity contribution in [2.24, 2.45) is 0 Å². The van der Waals surface area contributed by atoms with Crippen molar-refractivity contribution in [1.82, 2.24) is 4.90 Å². The summed E-state index contributed by atoms with van der Waals surface area (Å²) in [4.78, 5) is 13.5. The van der Waals surface area contributed by atoms with E-state index in [1.165, 1.54) is 17.0 Å². The molecule has 1 heterocycles. The summed E-state index contributed by atoms with van der Waals surface area (Å²) < 4.78 is 22.8. The average Bonchev–Trinajstić information content (AvgIpc) is 2.68. The van der Waals surface area contributed by atoms with Gasteiger partial charge in [-0.25, -0.2) is 8.42 Å². The Morgan fingerprint density at radius 2 is 2.06 bits per heavy atom. The summed E-state index contributed by atoms with van der Waals surface area (Å²) in [7, 11) is -1.45. The Morgan fingerprint density at radius 3 is 2.61 bits per heavy atom. The van der Waals surface area contributed by atoms with Crippen molar-refractivity contribution in [3.05, 3.63) is 29.8 Å². The van der Waals surface area contributed by atoms with Crippen LogP contribution < -0.4 is 0 Å². The van der Waals surface area contributed by atoms with E-state index in [-0.39, 0.29) is 34.8 Å². The number of aromatic hydroxyl groups is 1. The molecular formula is C12H15NO4S. The van der Waals surface area contributed by atoms with E-state index < -0.39 is 9.84 Å². The highest BCUT2D eigenvalue weighted by Crippen LogP contribution is 2.22. The lowest BCUT2D eigenvalue weighted by Crippen LogP contribution is -2.37. The van der Waals surface area contributed by atoms with E-state index in [2.05, 4.69) is 0 Å². The second-order valence-electron chi connectivity index (χ2n) is 4.49. The molecule has 0 aromatic heterocycles. The molecule has 0 spiro atoms. The van der Waals surface area contributed by atoms with Crippen molar-refractivity contribution in [1.29, 1.82) is 0 Å². The lowest BCUT2D eigenvalue weighted by Gasteiger charge is -2.23. The fourth-order valence-electron chi connectivity index (χ4n) is 2.09. The fraction of sp³-hybridized carbons (Fsp3) is 0.417. The molecule has 1 atom stereocenters. The number of nitrogens with zero attached hydrogens (tertiary/aromatic N) is 1. The van der Waals surface area contributed by atoms with Crippen LogP contribution in [0.1, 0.15) is 16.8 Å². The molecule has 1 N–H and O–H groups in total. The standard InChI is InChI=1S/C12H15NO4S/c1-13(9-6-7-18(16,17)8-9)12(15)10-4-2-3-5-11(10)14/h2-5,9,14H,6-8H2,1H3/t9-/m0/s1. The van der Waals surface area contributed by atoms with Gasteiger partial charge >= 0.3 is 0 Å². The number of phenolic OH excluding ortho intramolecular Hbond substituents is 1. The van der Waals surface area contributed by atoms with Crippen molar-refractivity contribution in [2.45, 2.75) is 12.5 Å². The number of hydrogen-bond donors (Lipinski definition) is 1. The molecule has 0 saturated carbocycles. The molecule has 18 heavy (non-hydrogen) atoms. The molecule has 1 aliphatic heterocycles. The Balaban J connectivity index is 2.18. The Bertz CT molecular complexity index is 567. The predicted molar refractivity (Wildman–Crippen MR) is 67.3 cm³/mol. The first kappa shape index (κ1) is 12.9. The summed E-state index contributed by atoms with van der Waals surface area (Å²) in [5.74, 6) is -0.316. The summed E-state index contributed by atoms with van der Waals surface area (Å²) >= 11 is 0. The minimum Gasteiger partial charge on any atom is -0.507 e. The van der Waals surface area contributed by atoms with Gasteiger partial charge in [0.25, 0.3) is 5.91 Å². The molecule has 98 valence electrons. The molecule has 0 unspecified atom stereocenters. The van der Waals surface area contributed by atoms with Crippen molar-refractivity contribution < 1.29 is 18.3 Å². The second-order valence-corrected chi connectivity index (χ2v) is 6.72. The van der Waals surface area contributed by atoms with Crippen LogP contribution in [0.25, 0.3) is 0 Å². The average molecular weight is 269 g/mol. The van der Waals surface area contributed by atoms with Gasteiger partial charge in [0, 0.05) is 13.1 Å². The zero-order chi connectivity index (χ0) is 13.3. The van der Waals surface area contributed by atoms with Crippen LogP contribution in [-0.4, -0.2) is 48.9 Å².